The van der Waals surface area contributed by atoms with Crippen LogP contribution < -0.4 is 0 Å². The van der Waals surface area contributed by atoms with Gasteiger partial charge in [-0.25, -0.2) is 4.79 Å². The maximum atomic E-state index is 10.7. The van der Waals surface area contributed by atoms with E-state index >= 15 is 0 Å². The van der Waals surface area contributed by atoms with Crippen LogP contribution in [0.4, 0.5) is 0 Å². The van der Waals surface area contributed by atoms with E-state index in [0.717, 1.165) is 16.6 Å². The largest absolute Gasteiger partial charge is 0.476 e. The first kappa shape index (κ1) is 13.8. The van der Waals surface area contributed by atoms with E-state index in [2.05, 4.69) is 21.1 Å². The van der Waals surface area contributed by atoms with Crippen molar-refractivity contribution in [2.45, 2.75) is 13.1 Å². The highest BCUT2D eigenvalue weighted by Gasteiger charge is 2.12. The van der Waals surface area contributed by atoms with Gasteiger partial charge in [0.2, 0.25) is 0 Å². The van der Waals surface area contributed by atoms with Gasteiger partial charge in [-0.05, 0) is 18.7 Å². The molecule has 0 radical (unpaired) electrons. The number of halogens is 1. The fourth-order valence-electron chi connectivity index (χ4n) is 1.73. The second kappa shape index (κ2) is 5.99. The Morgan fingerprint density at radius 3 is 2.79 bits per heavy atom. The average Bonchev–Trinajstić information content (AvgIpc) is 2.80. The first-order chi connectivity index (χ1) is 9.06. The van der Waals surface area contributed by atoms with Crippen LogP contribution in [-0.4, -0.2) is 28.2 Å². The van der Waals surface area contributed by atoms with Crippen molar-refractivity contribution < 1.29 is 14.4 Å². The summed E-state index contributed by atoms with van der Waals surface area (Å²) in [5.74, 6) is -0.546. The third-order valence-electron chi connectivity index (χ3n) is 2.60. The molecule has 0 unspecified atom stereocenters. The summed E-state index contributed by atoms with van der Waals surface area (Å²) in [6.07, 6.45) is 0. The van der Waals surface area contributed by atoms with Crippen LogP contribution in [0.5, 0.6) is 0 Å². The first-order valence-corrected chi connectivity index (χ1v) is 6.46. The Morgan fingerprint density at radius 1 is 1.42 bits per heavy atom. The monoisotopic (exact) mass is 324 g/mol. The van der Waals surface area contributed by atoms with Crippen LogP contribution in [0.3, 0.4) is 0 Å². The predicted octanol–water partition coefficient (Wildman–Crippen LogP) is 2.77. The summed E-state index contributed by atoms with van der Waals surface area (Å²) in [6.45, 7) is 1.23. The molecule has 19 heavy (non-hydrogen) atoms. The third kappa shape index (κ3) is 3.65. The van der Waals surface area contributed by atoms with E-state index in [1.165, 1.54) is 6.07 Å². The van der Waals surface area contributed by atoms with Gasteiger partial charge in [0.25, 0.3) is 0 Å². The molecule has 1 N–H and O–H groups in total. The third-order valence-corrected chi connectivity index (χ3v) is 3.38. The summed E-state index contributed by atoms with van der Waals surface area (Å²) in [4.78, 5) is 12.7. The Morgan fingerprint density at radius 2 is 2.16 bits per heavy atom. The van der Waals surface area contributed by atoms with Gasteiger partial charge in [-0.1, -0.05) is 39.3 Å². The predicted molar refractivity (Wildman–Crippen MR) is 72.8 cm³/mol. The van der Waals surface area contributed by atoms with Crippen LogP contribution in [0.15, 0.2) is 39.3 Å². The summed E-state index contributed by atoms with van der Waals surface area (Å²) in [7, 11) is 1.93. The number of benzene rings is 1. The van der Waals surface area contributed by atoms with E-state index in [1.807, 2.05) is 36.2 Å². The van der Waals surface area contributed by atoms with Gasteiger partial charge in [0.15, 0.2) is 11.5 Å². The van der Waals surface area contributed by atoms with Crippen molar-refractivity contribution in [3.63, 3.8) is 0 Å². The number of rotatable bonds is 5. The Bertz CT molecular complexity index is 583. The number of carbonyl (C=O) groups is 1. The minimum Gasteiger partial charge on any atom is -0.476 e. The fraction of sp³-hybridized carbons (Fsp3) is 0.231. The average molecular weight is 325 g/mol. The van der Waals surface area contributed by atoms with E-state index in [1.54, 1.807) is 0 Å². The number of carboxylic acids is 1. The lowest BCUT2D eigenvalue weighted by atomic mass is 10.2. The number of hydrogen-bond donors (Lipinski definition) is 1. The van der Waals surface area contributed by atoms with Crippen molar-refractivity contribution in [2.75, 3.05) is 7.05 Å². The Labute approximate surface area is 118 Å². The van der Waals surface area contributed by atoms with Crippen LogP contribution in [0, 0.1) is 0 Å². The van der Waals surface area contributed by atoms with Gasteiger partial charge in [-0.3, -0.25) is 4.90 Å². The Hall–Kier alpha value is -1.66. The van der Waals surface area contributed by atoms with Crippen LogP contribution >= 0.6 is 15.9 Å². The quantitative estimate of drug-likeness (QED) is 0.916. The summed E-state index contributed by atoms with van der Waals surface area (Å²) in [5.41, 5.74) is 1.09. The highest BCUT2D eigenvalue weighted by molar-refractivity contribution is 9.10. The minimum absolute atomic E-state index is 0.0655. The molecule has 0 spiro atoms. The highest BCUT2D eigenvalue weighted by atomic mass is 79.9. The van der Waals surface area contributed by atoms with Crippen molar-refractivity contribution in [1.29, 1.82) is 0 Å². The normalized spacial score (nSPS) is 10.9. The van der Waals surface area contributed by atoms with Crippen molar-refractivity contribution in [3.8, 4) is 0 Å². The zero-order chi connectivity index (χ0) is 13.8. The smallest absolute Gasteiger partial charge is 0.358 e. The molecular formula is C13H13BrN2O3. The molecular weight excluding hydrogens is 312 g/mol. The minimum atomic E-state index is -1.08. The molecule has 1 aromatic heterocycles. The highest BCUT2D eigenvalue weighted by Crippen LogP contribution is 2.18. The molecule has 0 bridgehead atoms. The molecule has 0 atom stereocenters. The molecule has 2 aromatic rings. The van der Waals surface area contributed by atoms with Gasteiger partial charge >= 0.3 is 5.97 Å². The molecule has 0 saturated carbocycles. The number of carboxylic acid groups (broad SMARTS) is 1. The zero-order valence-electron chi connectivity index (χ0n) is 10.3. The van der Waals surface area contributed by atoms with Crippen LogP contribution in [0.1, 0.15) is 21.8 Å². The van der Waals surface area contributed by atoms with Crippen molar-refractivity contribution in [2.24, 2.45) is 0 Å². The molecule has 0 aliphatic rings. The van der Waals surface area contributed by atoms with Crippen LogP contribution in [0.25, 0.3) is 0 Å². The Balaban J connectivity index is 1.99. The molecule has 0 saturated heterocycles. The summed E-state index contributed by atoms with van der Waals surface area (Å²) in [5, 5.41) is 12.2. The molecule has 100 valence electrons. The molecule has 1 heterocycles. The van der Waals surface area contributed by atoms with E-state index in [-0.39, 0.29) is 5.69 Å². The maximum absolute atomic E-state index is 10.7. The summed E-state index contributed by atoms with van der Waals surface area (Å²) >= 11 is 3.49. The van der Waals surface area contributed by atoms with Gasteiger partial charge in [-0.15, -0.1) is 0 Å². The van der Waals surface area contributed by atoms with E-state index < -0.39 is 5.97 Å². The molecule has 2 rings (SSSR count). The van der Waals surface area contributed by atoms with Crippen molar-refractivity contribution in [1.82, 2.24) is 10.1 Å². The first-order valence-electron chi connectivity index (χ1n) is 5.67. The maximum Gasteiger partial charge on any atom is 0.358 e. The molecule has 1 aromatic carbocycles. The van der Waals surface area contributed by atoms with Crippen LogP contribution in [-0.2, 0) is 13.1 Å². The standard InChI is InChI=1S/C13H13BrN2O3/c1-16(7-9-4-2-3-5-11(9)14)8-10-6-12(13(17)18)15-19-10/h2-6H,7-8H2,1H3,(H,17,18). The van der Waals surface area contributed by atoms with E-state index in [9.17, 15) is 4.79 Å². The number of aromatic carboxylic acids is 1. The van der Waals surface area contributed by atoms with Gasteiger partial charge in [0, 0.05) is 17.1 Å². The van der Waals surface area contributed by atoms with E-state index in [0.29, 0.717) is 12.3 Å². The van der Waals surface area contributed by atoms with Crippen molar-refractivity contribution in [3.05, 3.63) is 51.8 Å². The number of hydrogen-bond acceptors (Lipinski definition) is 4. The SMILES string of the molecule is CN(Cc1cc(C(=O)O)no1)Cc1ccccc1Br. The van der Waals surface area contributed by atoms with E-state index in [4.69, 9.17) is 9.63 Å². The molecule has 0 amide bonds. The number of nitrogens with zero attached hydrogens (tertiary/aromatic N) is 2. The molecule has 0 aliphatic carbocycles. The summed E-state index contributed by atoms with van der Waals surface area (Å²) < 4.78 is 6.03. The van der Waals surface area contributed by atoms with Crippen molar-refractivity contribution >= 4 is 21.9 Å². The van der Waals surface area contributed by atoms with Crippen LogP contribution in [0.2, 0.25) is 0 Å². The Kier molecular flexibility index (Phi) is 4.34. The lowest BCUT2D eigenvalue weighted by molar-refractivity contribution is 0.0685. The molecule has 6 heteroatoms. The lowest BCUT2D eigenvalue weighted by Crippen LogP contribution is -2.17. The molecule has 5 nitrogen and oxygen atoms in total. The molecule has 0 fully saturated rings. The lowest BCUT2D eigenvalue weighted by Gasteiger charge is -2.15. The van der Waals surface area contributed by atoms with Gasteiger partial charge in [0.05, 0.1) is 6.54 Å². The molecule has 0 aliphatic heterocycles. The summed E-state index contributed by atoms with van der Waals surface area (Å²) in [6, 6.07) is 9.40. The number of aromatic nitrogens is 1. The topological polar surface area (TPSA) is 66.6 Å². The fourth-order valence-corrected chi connectivity index (χ4v) is 2.14. The van der Waals surface area contributed by atoms with Gasteiger partial charge in [0.1, 0.15) is 0 Å². The van der Waals surface area contributed by atoms with Gasteiger partial charge < -0.3 is 9.63 Å². The van der Waals surface area contributed by atoms with Gasteiger partial charge in [-0.2, -0.15) is 0 Å². The zero-order valence-corrected chi connectivity index (χ0v) is 11.9. The second-order valence-corrected chi connectivity index (χ2v) is 5.10. The second-order valence-electron chi connectivity index (χ2n) is 4.25.